The molecule has 128 valence electrons. The average Bonchev–Trinajstić information content (AvgIpc) is 2.67. The number of aromatic hydroxyl groups is 1. The summed E-state index contributed by atoms with van der Waals surface area (Å²) < 4.78 is 5.45. The van der Waals surface area contributed by atoms with E-state index in [1.165, 1.54) is 0 Å². The van der Waals surface area contributed by atoms with Crippen molar-refractivity contribution in [1.29, 1.82) is 0 Å². The van der Waals surface area contributed by atoms with Gasteiger partial charge in [0.15, 0.2) is 11.6 Å². The first-order valence-electron chi connectivity index (χ1n) is 8.23. The molecule has 0 unspecified atom stereocenters. The summed E-state index contributed by atoms with van der Waals surface area (Å²) in [6, 6.07) is 8.89. The maximum Gasteiger partial charge on any atom is 0.162 e. The van der Waals surface area contributed by atoms with Gasteiger partial charge in [-0.3, -0.25) is 4.98 Å². The molecule has 0 amide bonds. The van der Waals surface area contributed by atoms with Crippen LogP contribution in [-0.2, 0) is 11.3 Å². The Morgan fingerprint density at radius 1 is 1.16 bits per heavy atom. The fraction of sp³-hybridized carbons (Fsp3) is 0.278. The van der Waals surface area contributed by atoms with Gasteiger partial charge in [-0.05, 0) is 23.8 Å². The van der Waals surface area contributed by atoms with Crippen molar-refractivity contribution in [1.82, 2.24) is 15.0 Å². The first-order valence-corrected chi connectivity index (χ1v) is 8.23. The van der Waals surface area contributed by atoms with Gasteiger partial charge in [0, 0.05) is 31.4 Å². The van der Waals surface area contributed by atoms with Gasteiger partial charge in [0.25, 0.3) is 0 Å². The highest BCUT2D eigenvalue weighted by Crippen LogP contribution is 2.28. The van der Waals surface area contributed by atoms with Crippen molar-refractivity contribution < 1.29 is 9.84 Å². The summed E-state index contributed by atoms with van der Waals surface area (Å²) in [5.74, 6) is 1.53. The lowest BCUT2D eigenvalue weighted by Gasteiger charge is -2.28. The van der Waals surface area contributed by atoms with E-state index in [2.05, 4.69) is 14.9 Å². The predicted octanol–water partition coefficient (Wildman–Crippen LogP) is 1.69. The highest BCUT2D eigenvalue weighted by molar-refractivity contribution is 5.88. The van der Waals surface area contributed by atoms with Crippen LogP contribution in [0, 0.1) is 0 Å². The standard InChI is InChI=1S/C18H19N5O2/c19-10-12-8-15-16(20-11-12)18(23-4-6-25-7-5-23)22-17(21-15)13-2-1-3-14(24)9-13/h1-3,8-9,11,24H,4-7,10,19H2. The number of pyridine rings is 1. The van der Waals surface area contributed by atoms with Gasteiger partial charge in [0.05, 0.1) is 18.7 Å². The topological polar surface area (TPSA) is 97.4 Å². The van der Waals surface area contributed by atoms with E-state index in [1.807, 2.05) is 12.1 Å². The Balaban J connectivity index is 1.91. The molecule has 0 radical (unpaired) electrons. The number of aromatic nitrogens is 3. The van der Waals surface area contributed by atoms with Crippen LogP contribution >= 0.6 is 0 Å². The maximum atomic E-state index is 9.78. The fourth-order valence-corrected chi connectivity index (χ4v) is 2.93. The van der Waals surface area contributed by atoms with Gasteiger partial charge in [-0.2, -0.15) is 0 Å². The van der Waals surface area contributed by atoms with E-state index < -0.39 is 0 Å². The molecule has 4 rings (SSSR count). The Kier molecular flexibility index (Phi) is 4.17. The van der Waals surface area contributed by atoms with Crippen molar-refractivity contribution in [3.05, 3.63) is 42.1 Å². The lowest BCUT2D eigenvalue weighted by Crippen LogP contribution is -2.37. The number of hydrogen-bond acceptors (Lipinski definition) is 7. The molecule has 1 aliphatic rings. The number of benzene rings is 1. The lowest BCUT2D eigenvalue weighted by molar-refractivity contribution is 0.122. The Morgan fingerprint density at radius 3 is 2.76 bits per heavy atom. The van der Waals surface area contributed by atoms with Gasteiger partial charge in [-0.1, -0.05) is 12.1 Å². The minimum atomic E-state index is 0.183. The maximum absolute atomic E-state index is 9.78. The molecule has 0 saturated carbocycles. The van der Waals surface area contributed by atoms with Crippen LogP contribution in [0.15, 0.2) is 36.5 Å². The molecule has 0 spiro atoms. The van der Waals surface area contributed by atoms with E-state index in [-0.39, 0.29) is 5.75 Å². The second kappa shape index (κ2) is 6.62. The molecule has 25 heavy (non-hydrogen) atoms. The minimum absolute atomic E-state index is 0.183. The first kappa shape index (κ1) is 15.7. The molecule has 0 aliphatic carbocycles. The number of rotatable bonds is 3. The van der Waals surface area contributed by atoms with Crippen LogP contribution in [0.2, 0.25) is 0 Å². The van der Waals surface area contributed by atoms with E-state index >= 15 is 0 Å². The summed E-state index contributed by atoms with van der Waals surface area (Å²) in [5.41, 5.74) is 8.92. The number of fused-ring (bicyclic) bond motifs is 1. The highest BCUT2D eigenvalue weighted by Gasteiger charge is 2.19. The van der Waals surface area contributed by atoms with Crippen molar-refractivity contribution in [2.75, 3.05) is 31.2 Å². The molecular weight excluding hydrogens is 318 g/mol. The third-order valence-corrected chi connectivity index (χ3v) is 4.22. The van der Waals surface area contributed by atoms with Crippen LogP contribution in [0.1, 0.15) is 5.56 Å². The van der Waals surface area contributed by atoms with Crippen LogP contribution in [0.25, 0.3) is 22.4 Å². The molecular formula is C18H19N5O2. The van der Waals surface area contributed by atoms with E-state index in [4.69, 9.17) is 15.5 Å². The number of nitrogens with two attached hydrogens (primary N) is 1. The molecule has 1 aromatic carbocycles. The van der Waals surface area contributed by atoms with E-state index in [0.717, 1.165) is 41.1 Å². The molecule has 7 heteroatoms. The van der Waals surface area contributed by atoms with Crippen LogP contribution in [-0.4, -0.2) is 46.4 Å². The molecule has 3 heterocycles. The SMILES string of the molecule is NCc1cnc2c(N3CCOCC3)nc(-c3cccc(O)c3)nc2c1. The second-order valence-corrected chi connectivity index (χ2v) is 5.94. The molecule has 0 bridgehead atoms. The van der Waals surface area contributed by atoms with Gasteiger partial charge in [0.1, 0.15) is 11.3 Å². The average molecular weight is 337 g/mol. The Labute approximate surface area is 145 Å². The normalized spacial score (nSPS) is 14.8. The van der Waals surface area contributed by atoms with Crippen molar-refractivity contribution in [2.24, 2.45) is 5.73 Å². The summed E-state index contributed by atoms with van der Waals surface area (Å²) in [4.78, 5) is 16.1. The summed E-state index contributed by atoms with van der Waals surface area (Å²) in [7, 11) is 0. The number of nitrogens with zero attached hydrogens (tertiary/aromatic N) is 4. The molecule has 7 nitrogen and oxygen atoms in total. The van der Waals surface area contributed by atoms with Gasteiger partial charge < -0.3 is 20.5 Å². The Bertz CT molecular complexity index is 909. The fourth-order valence-electron chi connectivity index (χ4n) is 2.93. The number of anilines is 1. The summed E-state index contributed by atoms with van der Waals surface area (Å²) in [6.45, 7) is 3.24. The Morgan fingerprint density at radius 2 is 2.00 bits per heavy atom. The van der Waals surface area contributed by atoms with Crippen LogP contribution in [0.5, 0.6) is 5.75 Å². The third kappa shape index (κ3) is 3.11. The van der Waals surface area contributed by atoms with Gasteiger partial charge in [0.2, 0.25) is 0 Å². The van der Waals surface area contributed by atoms with Crippen molar-refractivity contribution in [3.8, 4) is 17.1 Å². The zero-order chi connectivity index (χ0) is 17.2. The monoisotopic (exact) mass is 337 g/mol. The highest BCUT2D eigenvalue weighted by atomic mass is 16.5. The number of morpholine rings is 1. The van der Waals surface area contributed by atoms with Crippen LogP contribution < -0.4 is 10.6 Å². The number of phenols is 1. The molecule has 2 aromatic heterocycles. The van der Waals surface area contributed by atoms with Crippen molar-refractivity contribution in [3.63, 3.8) is 0 Å². The summed E-state index contributed by atoms with van der Waals surface area (Å²) in [5, 5.41) is 9.78. The zero-order valence-corrected chi connectivity index (χ0v) is 13.7. The van der Waals surface area contributed by atoms with Crippen molar-refractivity contribution in [2.45, 2.75) is 6.54 Å². The van der Waals surface area contributed by atoms with Gasteiger partial charge >= 0.3 is 0 Å². The summed E-state index contributed by atoms with van der Waals surface area (Å²) in [6.07, 6.45) is 1.77. The first-order chi connectivity index (χ1) is 12.2. The predicted molar refractivity (Wildman–Crippen MR) is 95.4 cm³/mol. The number of phenolic OH excluding ortho intramolecular Hbond substituents is 1. The summed E-state index contributed by atoms with van der Waals surface area (Å²) >= 11 is 0. The van der Waals surface area contributed by atoms with E-state index in [1.54, 1.807) is 24.4 Å². The third-order valence-electron chi connectivity index (χ3n) is 4.22. The molecule has 1 aliphatic heterocycles. The Hall–Kier alpha value is -2.77. The molecule has 3 N–H and O–H groups in total. The molecule has 0 atom stereocenters. The van der Waals surface area contributed by atoms with E-state index in [9.17, 15) is 5.11 Å². The van der Waals surface area contributed by atoms with Gasteiger partial charge in [-0.15, -0.1) is 0 Å². The largest absolute Gasteiger partial charge is 0.508 e. The van der Waals surface area contributed by atoms with E-state index in [0.29, 0.717) is 25.6 Å². The zero-order valence-electron chi connectivity index (χ0n) is 13.7. The van der Waals surface area contributed by atoms with Gasteiger partial charge in [-0.25, -0.2) is 9.97 Å². The van der Waals surface area contributed by atoms with Crippen molar-refractivity contribution >= 4 is 16.9 Å². The van der Waals surface area contributed by atoms with Crippen LogP contribution in [0.4, 0.5) is 5.82 Å². The molecule has 3 aromatic rings. The smallest absolute Gasteiger partial charge is 0.162 e. The minimum Gasteiger partial charge on any atom is -0.508 e. The molecule has 1 fully saturated rings. The quantitative estimate of drug-likeness (QED) is 0.750. The van der Waals surface area contributed by atoms with Crippen LogP contribution in [0.3, 0.4) is 0 Å². The number of ether oxygens (including phenoxy) is 1. The number of hydrogen-bond donors (Lipinski definition) is 2. The molecule has 1 saturated heterocycles. The lowest BCUT2D eigenvalue weighted by atomic mass is 10.2. The second-order valence-electron chi connectivity index (χ2n) is 5.94.